The number of amides is 4. The molecule has 10 rings (SSSR count). The lowest BCUT2D eigenvalue weighted by Crippen LogP contribution is -2.66. The zero-order valence-corrected chi connectivity index (χ0v) is 50.7. The van der Waals surface area contributed by atoms with Gasteiger partial charge in [0.1, 0.15) is 41.7 Å². The van der Waals surface area contributed by atoms with Gasteiger partial charge < -0.3 is 46.0 Å². The number of aromatic nitrogens is 3. The minimum Gasteiger partial charge on any atom is -0.391 e. The summed E-state index contributed by atoms with van der Waals surface area (Å²) in [5.41, 5.74) is 4.28. The summed E-state index contributed by atoms with van der Waals surface area (Å²) in [6, 6.07) is 10.9. The molecular weight excluding hydrogens is 1080 g/mol. The van der Waals surface area contributed by atoms with E-state index in [2.05, 4.69) is 76.7 Å². The summed E-state index contributed by atoms with van der Waals surface area (Å²) in [7, 11) is 2.20. The van der Waals surface area contributed by atoms with E-state index >= 15 is 8.78 Å². The molecule has 21 heteroatoms. The van der Waals surface area contributed by atoms with Crippen molar-refractivity contribution in [3.63, 3.8) is 0 Å². The van der Waals surface area contributed by atoms with Crippen LogP contribution in [-0.4, -0.2) is 179 Å². The van der Waals surface area contributed by atoms with Gasteiger partial charge in [0.15, 0.2) is 0 Å². The average molecular weight is 1160 g/mol. The fourth-order valence-electron chi connectivity index (χ4n) is 13.7. The van der Waals surface area contributed by atoms with Gasteiger partial charge in [-0.15, -0.1) is 11.3 Å². The molecule has 0 unspecified atom stereocenters. The zero-order chi connectivity index (χ0) is 59.0. The first kappa shape index (κ1) is 60.3. The maximum Gasteiger partial charge on any atom is 0.246 e. The number of halogens is 2. The first-order valence-corrected chi connectivity index (χ1v) is 30.9. The monoisotopic (exact) mass is 1160 g/mol. The Morgan fingerprint density at radius 2 is 1.60 bits per heavy atom. The van der Waals surface area contributed by atoms with E-state index in [4.69, 9.17) is 0 Å². The molecule has 18 nitrogen and oxygen atoms in total. The van der Waals surface area contributed by atoms with Gasteiger partial charge in [0.25, 0.3) is 0 Å². The van der Waals surface area contributed by atoms with Crippen molar-refractivity contribution >= 4 is 52.3 Å². The topological polar surface area (TPSA) is 195 Å². The molecule has 6 aliphatic rings. The molecule has 0 bridgehead atoms. The Morgan fingerprint density at radius 1 is 0.892 bits per heavy atom. The third kappa shape index (κ3) is 14.3. The molecule has 4 amide bonds. The second-order valence-corrected chi connectivity index (χ2v) is 27.6. The van der Waals surface area contributed by atoms with Crippen molar-refractivity contribution in [2.24, 2.45) is 22.7 Å². The molecule has 0 radical (unpaired) electrons. The van der Waals surface area contributed by atoms with Crippen LogP contribution in [0.2, 0.25) is 0 Å². The highest BCUT2D eigenvalue weighted by Crippen LogP contribution is 2.41. The van der Waals surface area contributed by atoms with E-state index in [1.807, 2.05) is 70.5 Å². The summed E-state index contributed by atoms with van der Waals surface area (Å²) in [6.07, 6.45) is 7.16. The Labute approximate surface area is 492 Å². The fourth-order valence-corrected chi connectivity index (χ4v) is 14.5. The van der Waals surface area contributed by atoms with Crippen molar-refractivity contribution in [3.05, 3.63) is 82.8 Å². The van der Waals surface area contributed by atoms with Gasteiger partial charge in [0.2, 0.25) is 23.6 Å². The number of β-amino-alcohol motifs (C(OH)–C–C–N with tert-alkyl or cyclic N) is 1. The van der Waals surface area contributed by atoms with Crippen LogP contribution >= 0.6 is 11.3 Å². The number of aliphatic hydroxyl groups excluding tert-OH is 1. The SMILES string of the molecule is Cc1ncsc1-c1ccc([C@H](C)NC(=O)[C@@H]2C[C@@H](O)CN2C(=O)[C@@H](NC(=O)CN2C[C@H]3C[C@@H](N(C)CCCNc4cc(N5CCC6(CC5)CN(c5cc(F)c(CN7CCC(C)(C)CC7)cc5F)CC(=O)N6)ncn4)C[C@H]3C2)C(C)(C)C)cc1. The fraction of sp³-hybridized carbons (Fsp3) is 0.629. The molecule has 7 atom stereocenters. The highest BCUT2D eigenvalue weighted by Gasteiger charge is 2.47. The number of anilines is 3. The van der Waals surface area contributed by atoms with Crippen LogP contribution in [0.3, 0.4) is 0 Å². The second kappa shape index (κ2) is 25.0. The minimum absolute atomic E-state index is 0.0138. The number of rotatable bonds is 18. The molecule has 1 spiro atoms. The van der Waals surface area contributed by atoms with E-state index in [9.17, 15) is 24.3 Å². The molecule has 7 heterocycles. The minimum atomic E-state index is -0.895. The summed E-state index contributed by atoms with van der Waals surface area (Å²) < 4.78 is 31.4. The third-order valence-electron chi connectivity index (χ3n) is 18.8. The number of piperazine rings is 1. The average Bonchev–Trinajstić information content (AvgIpc) is 4.35. The number of nitrogens with zero attached hydrogens (tertiary/aromatic N) is 9. The molecule has 5 N–H and O–H groups in total. The number of likely N-dealkylation sites (tertiary alicyclic amines) is 3. The van der Waals surface area contributed by atoms with Crippen LogP contribution in [0.15, 0.2) is 54.3 Å². The Balaban J connectivity index is 0.640. The van der Waals surface area contributed by atoms with Crippen molar-refractivity contribution in [2.75, 3.05) is 101 Å². The van der Waals surface area contributed by atoms with Crippen LogP contribution in [0.1, 0.15) is 116 Å². The van der Waals surface area contributed by atoms with Crippen molar-refractivity contribution in [1.29, 1.82) is 0 Å². The van der Waals surface area contributed by atoms with Crippen LogP contribution < -0.4 is 31.1 Å². The number of fused-ring (bicyclic) bond motifs is 1. The Bertz CT molecular complexity index is 2940. The number of carbonyl (C=O) groups excluding carboxylic acids is 4. The van der Waals surface area contributed by atoms with E-state index < -0.39 is 40.8 Å². The van der Waals surface area contributed by atoms with Gasteiger partial charge in [-0.1, -0.05) is 58.9 Å². The Morgan fingerprint density at radius 3 is 2.28 bits per heavy atom. The lowest BCUT2D eigenvalue weighted by molar-refractivity contribution is -0.144. The Hall–Kier alpha value is -5.87. The lowest BCUT2D eigenvalue weighted by atomic mass is 9.82. The lowest BCUT2D eigenvalue weighted by Gasteiger charge is -2.48. The molecule has 5 aliphatic heterocycles. The van der Waals surface area contributed by atoms with Crippen LogP contribution in [0.25, 0.3) is 10.4 Å². The van der Waals surface area contributed by atoms with Gasteiger partial charge in [0.05, 0.1) is 52.5 Å². The third-order valence-corrected chi connectivity index (χ3v) is 19.8. The van der Waals surface area contributed by atoms with Crippen molar-refractivity contribution < 1.29 is 33.1 Å². The van der Waals surface area contributed by atoms with E-state index in [1.54, 1.807) is 22.6 Å². The first-order chi connectivity index (χ1) is 39.5. The number of nitrogens with one attached hydrogen (secondary N) is 4. The predicted molar refractivity (Wildman–Crippen MR) is 320 cm³/mol. The second-order valence-electron chi connectivity index (χ2n) is 26.8. The summed E-state index contributed by atoms with van der Waals surface area (Å²) >= 11 is 1.58. The summed E-state index contributed by atoms with van der Waals surface area (Å²) in [6.45, 7) is 21.3. The summed E-state index contributed by atoms with van der Waals surface area (Å²) in [5, 5.41) is 23.6. The highest BCUT2D eigenvalue weighted by molar-refractivity contribution is 7.13. The molecular formula is C62H87F2N13O5S. The van der Waals surface area contributed by atoms with Crippen LogP contribution in [0.4, 0.5) is 26.1 Å². The number of carbonyl (C=O) groups is 4. The van der Waals surface area contributed by atoms with E-state index in [0.29, 0.717) is 62.5 Å². The van der Waals surface area contributed by atoms with E-state index in [1.165, 1.54) is 17.0 Å². The maximum absolute atomic E-state index is 15.8. The van der Waals surface area contributed by atoms with Crippen LogP contribution in [-0.2, 0) is 25.7 Å². The number of thiazole rings is 1. The smallest absolute Gasteiger partial charge is 0.246 e. The van der Waals surface area contributed by atoms with Gasteiger partial charge in [-0.3, -0.25) is 29.0 Å². The summed E-state index contributed by atoms with van der Waals surface area (Å²) in [4.78, 5) is 81.9. The normalized spacial score (nSPS) is 24.5. The molecule has 450 valence electrons. The standard InChI is InChI=1S/C62H87F2N13O5S/c1-39(41-10-12-42(13-11-41)56-40(2)68-38-83-56)69-58(81)51-27-47(78)33-77(51)59(82)57(60(3,4)5)70-54(79)34-74-30-43-24-46(25-44(43)31-74)72(8)19-9-18-65-52-29-53(67-37-66-52)75-22-16-62(17-23-75)36-76(35-55(80)71-62)50-28-48(63)45(26-49(50)64)32-73-20-14-61(6,7)15-21-73/h10-13,26,28-29,37-39,43-44,46-47,51,57,78H,9,14-25,27,30-36H2,1-8H3,(H,69,81)(H,70,79)(H,71,80)(H,65,66,67)/t39-,43-,44+,46-,47+,51-,57+/m0/s1. The van der Waals surface area contributed by atoms with Gasteiger partial charge in [-0.25, -0.2) is 23.7 Å². The maximum atomic E-state index is 15.8. The van der Waals surface area contributed by atoms with Crippen LogP contribution in [0.5, 0.6) is 0 Å². The number of hydrogen-bond donors (Lipinski definition) is 5. The number of hydrogen-bond acceptors (Lipinski definition) is 15. The summed E-state index contributed by atoms with van der Waals surface area (Å²) in [5.74, 6) is 0.421. The van der Waals surface area contributed by atoms with Gasteiger partial charge >= 0.3 is 0 Å². The van der Waals surface area contributed by atoms with Crippen molar-refractivity contribution in [3.8, 4) is 10.4 Å². The highest BCUT2D eigenvalue weighted by atomic mass is 32.1. The van der Waals surface area contributed by atoms with Crippen LogP contribution in [0, 0.1) is 41.2 Å². The van der Waals surface area contributed by atoms with Crippen molar-refractivity contribution in [1.82, 2.24) is 50.5 Å². The van der Waals surface area contributed by atoms with E-state index in [0.717, 1.165) is 105 Å². The molecule has 5 saturated heterocycles. The van der Waals surface area contributed by atoms with Gasteiger partial charge in [-0.2, -0.15) is 0 Å². The number of benzene rings is 2. The molecule has 83 heavy (non-hydrogen) atoms. The van der Waals surface area contributed by atoms with Crippen molar-refractivity contribution in [2.45, 2.75) is 142 Å². The largest absolute Gasteiger partial charge is 0.391 e. The van der Waals surface area contributed by atoms with Gasteiger partial charge in [-0.05, 0) is 125 Å². The Kier molecular flexibility index (Phi) is 18.1. The first-order valence-electron chi connectivity index (χ1n) is 30.1. The molecule has 4 aromatic rings. The predicted octanol–water partition coefficient (Wildman–Crippen LogP) is 6.60. The molecule has 6 fully saturated rings. The van der Waals surface area contributed by atoms with E-state index in [-0.39, 0.29) is 66.8 Å². The molecule has 2 aromatic heterocycles. The quantitative estimate of drug-likeness (QED) is 0.0670. The molecule has 1 saturated carbocycles. The van der Waals surface area contributed by atoms with Gasteiger partial charge in [0, 0.05) is 82.5 Å². The number of piperidine rings is 2. The molecule has 2 aromatic carbocycles. The molecule has 1 aliphatic carbocycles. The number of aliphatic hydroxyl groups is 1. The zero-order valence-electron chi connectivity index (χ0n) is 49.9. The number of aryl methyl sites for hydroxylation is 1.